The molecular weight excluding hydrogens is 786 g/mol. The molecule has 6 aliphatic rings. The van der Waals surface area contributed by atoms with Crippen LogP contribution < -0.4 is 10.6 Å². The minimum absolute atomic E-state index is 0.0148. The van der Waals surface area contributed by atoms with Crippen molar-refractivity contribution in [2.75, 3.05) is 83.6 Å². The number of alkyl halides is 3. The topological polar surface area (TPSA) is 55.5 Å². The van der Waals surface area contributed by atoms with Crippen LogP contribution in [0.15, 0.2) is 91.0 Å². The van der Waals surface area contributed by atoms with Crippen molar-refractivity contribution in [1.29, 1.82) is 0 Å². The van der Waals surface area contributed by atoms with E-state index in [0.29, 0.717) is 11.5 Å². The van der Waals surface area contributed by atoms with E-state index in [1.807, 2.05) is 18.2 Å². The number of rotatable bonds is 8. The first-order valence-electron chi connectivity index (χ1n) is 23.2. The first-order chi connectivity index (χ1) is 30.1. The Balaban J connectivity index is 0.897. The summed E-state index contributed by atoms with van der Waals surface area (Å²) in [4.78, 5) is 10.0. The van der Waals surface area contributed by atoms with Crippen molar-refractivity contribution >= 4 is 11.4 Å². The number of anilines is 2. The van der Waals surface area contributed by atoms with Gasteiger partial charge in [0.2, 0.25) is 0 Å². The molecule has 0 radical (unpaired) electrons. The fraction of sp³-hybridized carbons (Fsp3) is 0.529. The molecule has 11 heteroatoms. The summed E-state index contributed by atoms with van der Waals surface area (Å²) in [7, 11) is 4.42. The molecule has 0 aromatic heterocycles. The second-order valence-electron chi connectivity index (χ2n) is 19.1. The van der Waals surface area contributed by atoms with Gasteiger partial charge in [0.15, 0.2) is 0 Å². The third kappa shape index (κ3) is 8.53. The quantitative estimate of drug-likeness (QED) is 0.182. The molecule has 0 aliphatic carbocycles. The van der Waals surface area contributed by atoms with E-state index in [2.05, 4.69) is 106 Å². The summed E-state index contributed by atoms with van der Waals surface area (Å²) in [5.41, 5.74) is 8.28. The first kappa shape index (κ1) is 42.0. The van der Waals surface area contributed by atoms with E-state index in [4.69, 9.17) is 9.47 Å². The van der Waals surface area contributed by atoms with Crippen LogP contribution in [0.1, 0.15) is 102 Å². The zero-order valence-corrected chi connectivity index (χ0v) is 36.5. The minimum atomic E-state index is -4.43. The fourth-order valence-corrected chi connectivity index (χ4v) is 11.6. The van der Waals surface area contributed by atoms with E-state index >= 15 is 0 Å². The Bertz CT molecular complexity index is 2180. The lowest BCUT2D eigenvalue weighted by Crippen LogP contribution is -2.50. The van der Waals surface area contributed by atoms with Gasteiger partial charge in [-0.15, -0.1) is 0 Å². The van der Waals surface area contributed by atoms with Crippen molar-refractivity contribution in [3.05, 3.63) is 130 Å². The Labute approximate surface area is 365 Å². The molecule has 6 aliphatic heterocycles. The summed E-state index contributed by atoms with van der Waals surface area (Å²) in [6, 6.07) is 30.8. The Morgan fingerprint density at radius 2 is 1.23 bits per heavy atom. The minimum Gasteiger partial charge on any atom is -0.378 e. The van der Waals surface area contributed by atoms with E-state index < -0.39 is 17.8 Å². The van der Waals surface area contributed by atoms with Gasteiger partial charge in [0, 0.05) is 99.3 Å². The Morgan fingerprint density at radius 3 is 1.92 bits per heavy atom. The number of nitrogens with zero attached hydrogens (tertiary/aromatic N) is 4. The Morgan fingerprint density at radius 1 is 0.613 bits per heavy atom. The maximum absolute atomic E-state index is 14.1. The Kier molecular flexibility index (Phi) is 11.9. The van der Waals surface area contributed by atoms with Gasteiger partial charge in [-0.25, -0.2) is 0 Å². The van der Waals surface area contributed by atoms with Crippen molar-refractivity contribution in [2.24, 2.45) is 11.8 Å². The van der Waals surface area contributed by atoms with Crippen LogP contribution >= 0.6 is 0 Å². The highest BCUT2D eigenvalue weighted by molar-refractivity contribution is 5.60. The molecular formula is C51H63F3N6O2. The molecule has 4 aromatic carbocycles. The molecule has 0 spiro atoms. The molecule has 4 fully saturated rings. The molecule has 9 unspecified atom stereocenters. The van der Waals surface area contributed by atoms with Gasteiger partial charge in [-0.3, -0.25) is 9.80 Å². The van der Waals surface area contributed by atoms with Crippen molar-refractivity contribution < 1.29 is 22.6 Å². The summed E-state index contributed by atoms with van der Waals surface area (Å²) >= 11 is 0. The van der Waals surface area contributed by atoms with Gasteiger partial charge in [-0.1, -0.05) is 73.7 Å². The summed E-state index contributed by atoms with van der Waals surface area (Å²) in [6.07, 6.45) is 0.165. The highest BCUT2D eigenvalue weighted by atomic mass is 19.4. The number of hydrogen-bond acceptors (Lipinski definition) is 8. The number of fused-ring (bicyclic) bond motifs is 6. The monoisotopic (exact) mass is 848 g/mol. The number of nitrogens with one attached hydrogen (secondary N) is 2. The van der Waals surface area contributed by atoms with E-state index in [9.17, 15) is 13.2 Å². The van der Waals surface area contributed by atoms with Gasteiger partial charge in [0.1, 0.15) is 0 Å². The van der Waals surface area contributed by atoms with E-state index in [1.54, 1.807) is 6.07 Å². The van der Waals surface area contributed by atoms with E-state index in [0.717, 1.165) is 102 Å². The largest absolute Gasteiger partial charge is 0.416 e. The third-order valence-corrected chi connectivity index (χ3v) is 15.1. The molecule has 4 saturated heterocycles. The predicted molar refractivity (Wildman–Crippen MR) is 239 cm³/mol. The summed E-state index contributed by atoms with van der Waals surface area (Å²) in [5.74, 6) is 0.327. The Hall–Kier alpha value is -3.97. The van der Waals surface area contributed by atoms with Crippen LogP contribution in [0.5, 0.6) is 0 Å². The second kappa shape index (κ2) is 17.5. The normalized spacial score (nSPS) is 30.9. The van der Waals surface area contributed by atoms with Gasteiger partial charge >= 0.3 is 6.18 Å². The number of benzene rings is 4. The standard InChI is InChI=1S/C51H63F3N6O2/c1-4-33-13-19-44-42(27-33)49-41(17-15-38(61-49)30-59-24-21-57(2)22-25-59)48(56-44)36-12-8-11-35(28-36)46-32-58(3)23-26-60(46)31-39-16-18-40-47(34-9-6-5-7-10-34)55-45-20-14-37(51(52,53)54)29-43(45)50(40)62-39/h5-14,19-20,27-29,38-41,46-50,55-56H,4,15-18,21-26,30-32H2,1-3H3. The fourth-order valence-electron chi connectivity index (χ4n) is 11.6. The summed E-state index contributed by atoms with van der Waals surface area (Å²) in [6.45, 7) is 11.1. The second-order valence-corrected chi connectivity index (χ2v) is 19.1. The molecule has 0 amide bonds. The molecule has 0 bridgehead atoms. The molecule has 2 N–H and O–H groups in total. The number of ether oxygens (including phenoxy) is 2. The zero-order valence-electron chi connectivity index (χ0n) is 36.5. The third-order valence-electron chi connectivity index (χ3n) is 15.1. The van der Waals surface area contributed by atoms with Crippen LogP contribution in [0.4, 0.5) is 24.5 Å². The smallest absolute Gasteiger partial charge is 0.378 e. The maximum Gasteiger partial charge on any atom is 0.416 e. The highest BCUT2D eigenvalue weighted by Gasteiger charge is 2.46. The lowest BCUT2D eigenvalue weighted by molar-refractivity contribution is -0.138. The maximum atomic E-state index is 14.1. The van der Waals surface area contributed by atoms with Gasteiger partial charge in [-0.05, 0) is 92.7 Å². The first-order valence-corrected chi connectivity index (χ1v) is 23.2. The van der Waals surface area contributed by atoms with E-state index in [-0.39, 0.29) is 42.4 Å². The van der Waals surface area contributed by atoms with Gasteiger partial charge in [0.05, 0.1) is 42.1 Å². The van der Waals surface area contributed by atoms with Gasteiger partial charge in [-0.2, -0.15) is 13.2 Å². The van der Waals surface area contributed by atoms with E-state index in [1.165, 1.54) is 40.1 Å². The van der Waals surface area contributed by atoms with Crippen molar-refractivity contribution in [2.45, 2.75) is 87.7 Å². The molecule has 330 valence electrons. The SMILES string of the molecule is CCc1ccc2c(c1)C1OC(CN3CCN(C)CC3)CCC1C(c1cccc(C3CN(C)CCN3CC3CCC4C(c5ccccc5)Nc5ccc(C(F)(F)F)cc5C4O3)c1)N2. The number of aryl methyl sites for hydroxylation is 1. The van der Waals surface area contributed by atoms with Crippen LogP contribution in [0, 0.1) is 11.8 Å². The van der Waals surface area contributed by atoms with Gasteiger partial charge in [0.25, 0.3) is 0 Å². The molecule has 0 saturated carbocycles. The average Bonchev–Trinajstić information content (AvgIpc) is 3.29. The summed E-state index contributed by atoms with van der Waals surface area (Å²) < 4.78 is 56.5. The predicted octanol–water partition coefficient (Wildman–Crippen LogP) is 9.51. The molecule has 62 heavy (non-hydrogen) atoms. The van der Waals surface area contributed by atoms with Crippen LogP contribution in [0.3, 0.4) is 0 Å². The average molecular weight is 849 g/mol. The lowest BCUT2D eigenvalue weighted by Gasteiger charge is -2.48. The molecule has 6 heterocycles. The number of halogens is 3. The molecule has 10 rings (SSSR count). The number of piperazine rings is 2. The zero-order chi connectivity index (χ0) is 42.5. The van der Waals surface area contributed by atoms with Crippen LogP contribution in [-0.4, -0.2) is 105 Å². The summed E-state index contributed by atoms with van der Waals surface area (Å²) in [5, 5.41) is 7.65. The van der Waals surface area contributed by atoms with Crippen molar-refractivity contribution in [3.63, 3.8) is 0 Å². The van der Waals surface area contributed by atoms with Crippen molar-refractivity contribution in [3.8, 4) is 0 Å². The van der Waals surface area contributed by atoms with Crippen LogP contribution in [0.2, 0.25) is 0 Å². The molecule has 9 atom stereocenters. The number of likely N-dealkylation sites (N-methyl/N-ethyl adjacent to an activating group) is 2. The molecule has 8 nitrogen and oxygen atoms in total. The molecule has 4 aromatic rings. The van der Waals surface area contributed by atoms with Gasteiger partial charge < -0.3 is 29.9 Å². The van der Waals surface area contributed by atoms with Crippen LogP contribution in [0.25, 0.3) is 0 Å². The van der Waals surface area contributed by atoms with Crippen molar-refractivity contribution in [1.82, 2.24) is 19.6 Å². The lowest BCUT2D eigenvalue weighted by atomic mass is 9.75. The number of hydrogen-bond donors (Lipinski definition) is 2. The van der Waals surface area contributed by atoms with Crippen LogP contribution in [-0.2, 0) is 22.1 Å². The highest BCUT2D eigenvalue weighted by Crippen LogP contribution is 2.53.